The molecule has 3 aromatic rings. The molecule has 7 heteroatoms. The lowest BCUT2D eigenvalue weighted by Gasteiger charge is -2.32. The van der Waals surface area contributed by atoms with Crippen LogP contribution in [0.1, 0.15) is 46.9 Å². The number of nitrogens with one attached hydrogen (secondary N) is 1. The Hall–Kier alpha value is -3.09. The van der Waals surface area contributed by atoms with Crippen LogP contribution in [0.4, 0.5) is 0 Å². The molecule has 1 fully saturated rings. The molecular weight excluding hydrogens is 356 g/mol. The normalized spacial score (nSPS) is 15.2. The number of rotatable bonds is 5. The molecule has 0 bridgehead atoms. The number of H-pyrrole nitrogens is 1. The molecule has 0 unspecified atom stereocenters. The number of hydrogen-bond acceptors (Lipinski definition) is 3. The quantitative estimate of drug-likeness (QED) is 0.711. The van der Waals surface area contributed by atoms with E-state index in [1.165, 1.54) is 17.1 Å². The van der Waals surface area contributed by atoms with Gasteiger partial charge in [-0.25, -0.2) is 4.79 Å². The number of carbonyl (C=O) groups excluding carboxylic acids is 1. The number of amides is 1. The molecule has 2 aromatic heterocycles. The Morgan fingerprint density at radius 3 is 2.71 bits per heavy atom. The maximum absolute atomic E-state index is 12.6. The van der Waals surface area contributed by atoms with Crippen molar-refractivity contribution in [3.8, 4) is 0 Å². The number of fused-ring (bicyclic) bond motifs is 1. The molecule has 1 saturated heterocycles. The number of benzene rings is 1. The number of aryl methyl sites for hydroxylation is 1. The first-order valence-electron chi connectivity index (χ1n) is 9.64. The summed E-state index contributed by atoms with van der Waals surface area (Å²) in [6.07, 6.45) is 6.21. The predicted molar refractivity (Wildman–Crippen MR) is 105 cm³/mol. The van der Waals surface area contributed by atoms with Gasteiger partial charge in [0.05, 0.1) is 17.9 Å². The van der Waals surface area contributed by atoms with E-state index in [2.05, 4.69) is 16.1 Å². The summed E-state index contributed by atoms with van der Waals surface area (Å²) >= 11 is 0. The Kier molecular flexibility index (Phi) is 4.90. The number of carboxylic acid groups (broad SMARTS) is 1. The van der Waals surface area contributed by atoms with E-state index in [0.29, 0.717) is 25.2 Å². The summed E-state index contributed by atoms with van der Waals surface area (Å²) in [6.45, 7) is 3.15. The topological polar surface area (TPSA) is 91.2 Å². The maximum atomic E-state index is 12.6. The van der Waals surface area contributed by atoms with Crippen molar-refractivity contribution in [2.75, 3.05) is 13.1 Å². The Balaban J connectivity index is 1.33. The third-order valence-electron chi connectivity index (χ3n) is 5.72. The second-order valence-corrected chi connectivity index (χ2v) is 7.36. The smallest absolute Gasteiger partial charge is 0.339 e. The van der Waals surface area contributed by atoms with Crippen molar-refractivity contribution < 1.29 is 14.7 Å². The number of carboxylic acids is 1. The molecule has 4 rings (SSSR count). The lowest BCUT2D eigenvalue weighted by atomic mass is 10.0. The fourth-order valence-electron chi connectivity index (χ4n) is 4.10. The molecule has 1 amide bonds. The van der Waals surface area contributed by atoms with Gasteiger partial charge >= 0.3 is 5.97 Å². The van der Waals surface area contributed by atoms with Gasteiger partial charge in [-0.3, -0.25) is 9.48 Å². The van der Waals surface area contributed by atoms with Gasteiger partial charge in [0.15, 0.2) is 0 Å². The van der Waals surface area contributed by atoms with E-state index in [4.69, 9.17) is 0 Å². The zero-order valence-electron chi connectivity index (χ0n) is 15.9. The minimum atomic E-state index is -0.950. The van der Waals surface area contributed by atoms with E-state index in [-0.39, 0.29) is 17.5 Å². The van der Waals surface area contributed by atoms with Crippen LogP contribution >= 0.6 is 0 Å². The largest absolute Gasteiger partial charge is 0.478 e. The van der Waals surface area contributed by atoms with Gasteiger partial charge in [-0.1, -0.05) is 18.2 Å². The highest BCUT2D eigenvalue weighted by molar-refractivity contribution is 5.88. The van der Waals surface area contributed by atoms with E-state index in [1.54, 1.807) is 11.6 Å². The number of piperidine rings is 1. The fourth-order valence-corrected chi connectivity index (χ4v) is 4.10. The van der Waals surface area contributed by atoms with Crippen LogP contribution in [0.2, 0.25) is 0 Å². The van der Waals surface area contributed by atoms with Crippen molar-refractivity contribution in [3.05, 3.63) is 53.5 Å². The standard InChI is InChI=1S/C21H24N4O3/c1-14-18(21(27)28)13-23-25(14)16-8-10-24(11-9-16)20(26)7-6-15-12-22-19-5-3-2-4-17(15)19/h2-5,12-13,16,22H,6-11H2,1H3,(H,27,28). The van der Waals surface area contributed by atoms with Crippen LogP contribution in [0.3, 0.4) is 0 Å². The molecule has 1 aromatic carbocycles. The highest BCUT2D eigenvalue weighted by Gasteiger charge is 2.26. The number of carbonyl (C=O) groups is 2. The van der Waals surface area contributed by atoms with Crippen LogP contribution in [-0.4, -0.2) is 49.7 Å². The summed E-state index contributed by atoms with van der Waals surface area (Å²) < 4.78 is 1.80. The molecule has 0 saturated carbocycles. The van der Waals surface area contributed by atoms with Crippen molar-refractivity contribution in [3.63, 3.8) is 0 Å². The van der Waals surface area contributed by atoms with Gasteiger partial charge < -0.3 is 15.0 Å². The van der Waals surface area contributed by atoms with Crippen LogP contribution < -0.4 is 0 Å². The Morgan fingerprint density at radius 1 is 1.25 bits per heavy atom. The summed E-state index contributed by atoms with van der Waals surface area (Å²) in [4.78, 5) is 29.0. The third kappa shape index (κ3) is 3.40. The Bertz CT molecular complexity index is 1010. The molecule has 0 aliphatic carbocycles. The van der Waals surface area contributed by atoms with E-state index < -0.39 is 5.97 Å². The number of nitrogens with zero attached hydrogens (tertiary/aromatic N) is 3. The minimum Gasteiger partial charge on any atom is -0.478 e. The molecule has 1 aliphatic rings. The van der Waals surface area contributed by atoms with Gasteiger partial charge in [-0.15, -0.1) is 0 Å². The van der Waals surface area contributed by atoms with Crippen molar-refractivity contribution in [2.45, 2.75) is 38.6 Å². The first-order chi connectivity index (χ1) is 13.5. The van der Waals surface area contributed by atoms with E-state index >= 15 is 0 Å². The molecule has 0 radical (unpaired) electrons. The molecule has 0 atom stereocenters. The number of aromatic amines is 1. The Labute approximate surface area is 163 Å². The highest BCUT2D eigenvalue weighted by atomic mass is 16.4. The summed E-state index contributed by atoms with van der Waals surface area (Å²) in [5, 5.41) is 14.6. The second kappa shape index (κ2) is 7.50. The fraction of sp³-hybridized carbons (Fsp3) is 0.381. The van der Waals surface area contributed by atoms with Gasteiger partial charge in [-0.05, 0) is 37.8 Å². The number of aromatic nitrogens is 3. The second-order valence-electron chi connectivity index (χ2n) is 7.36. The van der Waals surface area contributed by atoms with Crippen molar-refractivity contribution >= 4 is 22.8 Å². The SMILES string of the molecule is Cc1c(C(=O)O)cnn1C1CCN(C(=O)CCc2c[nH]c3ccccc23)CC1. The van der Waals surface area contributed by atoms with Crippen molar-refractivity contribution in [1.82, 2.24) is 19.7 Å². The molecule has 2 N–H and O–H groups in total. The third-order valence-corrected chi connectivity index (χ3v) is 5.72. The molecule has 146 valence electrons. The number of para-hydroxylation sites is 1. The molecule has 3 heterocycles. The number of likely N-dealkylation sites (tertiary alicyclic amines) is 1. The number of aromatic carboxylic acids is 1. The molecule has 28 heavy (non-hydrogen) atoms. The van der Waals surface area contributed by atoms with Gasteiger partial charge in [-0.2, -0.15) is 5.10 Å². The predicted octanol–water partition coefficient (Wildman–Crippen LogP) is 3.17. The Morgan fingerprint density at radius 2 is 2.00 bits per heavy atom. The van der Waals surface area contributed by atoms with Gasteiger partial charge in [0, 0.05) is 36.6 Å². The summed E-state index contributed by atoms with van der Waals surface area (Å²) in [5.74, 6) is -0.777. The zero-order chi connectivity index (χ0) is 19.7. The average molecular weight is 380 g/mol. The maximum Gasteiger partial charge on any atom is 0.339 e. The van der Waals surface area contributed by atoms with Crippen LogP contribution in [-0.2, 0) is 11.2 Å². The number of hydrogen-bond donors (Lipinski definition) is 2. The van der Waals surface area contributed by atoms with Crippen LogP contribution in [0.5, 0.6) is 0 Å². The van der Waals surface area contributed by atoms with Crippen LogP contribution in [0, 0.1) is 6.92 Å². The van der Waals surface area contributed by atoms with Gasteiger partial charge in [0.1, 0.15) is 5.56 Å². The molecule has 0 spiro atoms. The monoisotopic (exact) mass is 380 g/mol. The zero-order valence-corrected chi connectivity index (χ0v) is 15.9. The summed E-state index contributed by atoms with van der Waals surface area (Å²) in [6, 6.07) is 8.27. The highest BCUT2D eigenvalue weighted by Crippen LogP contribution is 2.25. The molecular formula is C21H24N4O3. The molecule has 7 nitrogen and oxygen atoms in total. The summed E-state index contributed by atoms with van der Waals surface area (Å²) in [5.41, 5.74) is 3.20. The first kappa shape index (κ1) is 18.3. The van der Waals surface area contributed by atoms with Crippen LogP contribution in [0.25, 0.3) is 10.9 Å². The lowest BCUT2D eigenvalue weighted by molar-refractivity contribution is -0.132. The lowest BCUT2D eigenvalue weighted by Crippen LogP contribution is -2.39. The average Bonchev–Trinajstić information content (AvgIpc) is 3.30. The van der Waals surface area contributed by atoms with Crippen molar-refractivity contribution in [2.24, 2.45) is 0 Å². The molecule has 1 aliphatic heterocycles. The minimum absolute atomic E-state index is 0.144. The van der Waals surface area contributed by atoms with Crippen LogP contribution in [0.15, 0.2) is 36.7 Å². The van der Waals surface area contributed by atoms with Gasteiger partial charge in [0.25, 0.3) is 0 Å². The first-order valence-corrected chi connectivity index (χ1v) is 9.64. The van der Waals surface area contributed by atoms with E-state index in [0.717, 1.165) is 24.8 Å². The summed E-state index contributed by atoms with van der Waals surface area (Å²) in [7, 11) is 0. The van der Waals surface area contributed by atoms with Gasteiger partial charge in [0.2, 0.25) is 5.91 Å². The van der Waals surface area contributed by atoms with E-state index in [1.807, 2.05) is 29.3 Å². The van der Waals surface area contributed by atoms with Crippen molar-refractivity contribution in [1.29, 1.82) is 0 Å². The van der Waals surface area contributed by atoms with E-state index in [9.17, 15) is 14.7 Å².